The summed E-state index contributed by atoms with van der Waals surface area (Å²) in [5, 5.41) is 3.59. The van der Waals surface area contributed by atoms with E-state index >= 15 is 0 Å². The summed E-state index contributed by atoms with van der Waals surface area (Å²) < 4.78 is 0. The van der Waals surface area contributed by atoms with Crippen molar-refractivity contribution < 1.29 is 0 Å². The zero-order valence-electron chi connectivity index (χ0n) is 10.9. The molecule has 0 saturated heterocycles. The smallest absolute Gasteiger partial charge is 0.00719 e. The molecule has 0 spiro atoms. The number of hydrogen-bond acceptors (Lipinski definition) is 2. The van der Waals surface area contributed by atoms with E-state index < -0.39 is 0 Å². The Morgan fingerprint density at radius 3 is 2.53 bits per heavy atom. The molecule has 0 aromatic heterocycles. The molecule has 0 aliphatic heterocycles. The molecular formula is C15H23NS. The van der Waals surface area contributed by atoms with Crippen LogP contribution in [-0.4, -0.2) is 18.3 Å². The maximum Gasteiger partial charge on any atom is 0.00719 e. The van der Waals surface area contributed by atoms with Crippen LogP contribution < -0.4 is 5.32 Å². The van der Waals surface area contributed by atoms with Gasteiger partial charge in [-0.25, -0.2) is 0 Å². The van der Waals surface area contributed by atoms with E-state index in [1.165, 1.54) is 36.5 Å². The van der Waals surface area contributed by atoms with Gasteiger partial charge in [0.05, 0.1) is 0 Å². The van der Waals surface area contributed by atoms with Gasteiger partial charge in [-0.05, 0) is 42.6 Å². The summed E-state index contributed by atoms with van der Waals surface area (Å²) in [7, 11) is 0. The fourth-order valence-corrected chi connectivity index (χ4v) is 3.14. The molecule has 1 aromatic carbocycles. The Morgan fingerprint density at radius 2 is 1.94 bits per heavy atom. The standard InChI is InChI=1S/C15H23NS/c1-13(2)16-12-15(8-9-15)10-11-17-14-6-4-3-5-7-14/h3-7,13,16H,8-12H2,1-2H3. The first-order valence-corrected chi connectivity index (χ1v) is 7.60. The van der Waals surface area contributed by atoms with E-state index in [1.54, 1.807) is 0 Å². The molecule has 0 unspecified atom stereocenters. The molecule has 0 radical (unpaired) electrons. The molecule has 0 atom stereocenters. The molecule has 1 aliphatic carbocycles. The molecule has 94 valence electrons. The van der Waals surface area contributed by atoms with Gasteiger partial charge in [-0.15, -0.1) is 11.8 Å². The van der Waals surface area contributed by atoms with Crippen molar-refractivity contribution >= 4 is 11.8 Å². The molecule has 2 rings (SSSR count). The van der Waals surface area contributed by atoms with Crippen molar-refractivity contribution in [2.75, 3.05) is 12.3 Å². The highest BCUT2D eigenvalue weighted by Gasteiger charge is 2.41. The Kier molecular flexibility index (Phi) is 4.52. The maximum atomic E-state index is 3.59. The lowest BCUT2D eigenvalue weighted by Crippen LogP contribution is -2.30. The average molecular weight is 249 g/mol. The molecule has 1 aliphatic rings. The topological polar surface area (TPSA) is 12.0 Å². The molecule has 1 saturated carbocycles. The van der Waals surface area contributed by atoms with Gasteiger partial charge in [0.1, 0.15) is 0 Å². The highest BCUT2D eigenvalue weighted by Crippen LogP contribution is 2.49. The van der Waals surface area contributed by atoms with E-state index in [1.807, 2.05) is 11.8 Å². The Hall–Kier alpha value is -0.470. The lowest BCUT2D eigenvalue weighted by atomic mass is 10.0. The van der Waals surface area contributed by atoms with E-state index in [0.29, 0.717) is 11.5 Å². The van der Waals surface area contributed by atoms with Crippen LogP contribution >= 0.6 is 11.8 Å². The molecule has 0 bridgehead atoms. The van der Waals surface area contributed by atoms with Crippen molar-refractivity contribution in [3.05, 3.63) is 30.3 Å². The van der Waals surface area contributed by atoms with Crippen LogP contribution in [0.15, 0.2) is 35.2 Å². The summed E-state index contributed by atoms with van der Waals surface area (Å²) in [6.45, 7) is 5.67. The minimum atomic E-state index is 0.620. The number of thioether (sulfide) groups is 1. The maximum absolute atomic E-state index is 3.59. The number of nitrogens with one attached hydrogen (secondary N) is 1. The fraction of sp³-hybridized carbons (Fsp3) is 0.600. The average Bonchev–Trinajstić information content (AvgIpc) is 3.09. The van der Waals surface area contributed by atoms with Crippen molar-refractivity contribution in [1.29, 1.82) is 0 Å². The third-order valence-corrected chi connectivity index (χ3v) is 4.50. The van der Waals surface area contributed by atoms with Crippen LogP contribution in [0.5, 0.6) is 0 Å². The van der Waals surface area contributed by atoms with Crippen molar-refractivity contribution in [3.8, 4) is 0 Å². The van der Waals surface area contributed by atoms with Gasteiger partial charge in [-0.1, -0.05) is 32.0 Å². The molecule has 0 amide bonds. The third-order valence-electron chi connectivity index (χ3n) is 3.49. The van der Waals surface area contributed by atoms with Crippen LogP contribution in [-0.2, 0) is 0 Å². The second-order valence-corrected chi connectivity index (χ2v) is 6.62. The molecule has 17 heavy (non-hydrogen) atoms. The van der Waals surface area contributed by atoms with Crippen molar-refractivity contribution in [3.63, 3.8) is 0 Å². The molecule has 2 heteroatoms. The van der Waals surface area contributed by atoms with E-state index in [0.717, 1.165) is 0 Å². The summed E-state index contributed by atoms with van der Waals surface area (Å²) in [6.07, 6.45) is 4.19. The summed E-state index contributed by atoms with van der Waals surface area (Å²) in [5.74, 6) is 1.25. The summed E-state index contributed by atoms with van der Waals surface area (Å²) in [5.41, 5.74) is 0.631. The molecule has 1 nitrogen and oxygen atoms in total. The quantitative estimate of drug-likeness (QED) is 0.734. The Balaban J connectivity index is 1.68. The summed E-state index contributed by atoms with van der Waals surface area (Å²) >= 11 is 1.99. The largest absolute Gasteiger partial charge is 0.314 e. The van der Waals surface area contributed by atoms with E-state index in [2.05, 4.69) is 49.5 Å². The SMILES string of the molecule is CC(C)NCC1(CCSc2ccccc2)CC1. The first-order chi connectivity index (χ1) is 8.20. The van der Waals surface area contributed by atoms with Crippen LogP contribution in [0.2, 0.25) is 0 Å². The number of benzene rings is 1. The van der Waals surface area contributed by atoms with Crippen LogP contribution in [0.4, 0.5) is 0 Å². The van der Waals surface area contributed by atoms with Gasteiger partial charge < -0.3 is 5.32 Å². The normalized spacial score (nSPS) is 17.4. The zero-order valence-corrected chi connectivity index (χ0v) is 11.7. The van der Waals surface area contributed by atoms with Gasteiger partial charge in [0.2, 0.25) is 0 Å². The zero-order chi connectivity index (χ0) is 12.1. The second kappa shape index (κ2) is 5.92. The first-order valence-electron chi connectivity index (χ1n) is 6.61. The first kappa shape index (κ1) is 13.0. The Labute approximate surface area is 109 Å². The van der Waals surface area contributed by atoms with Gasteiger partial charge in [0, 0.05) is 17.5 Å². The predicted octanol–water partition coefficient (Wildman–Crippen LogP) is 3.95. The summed E-state index contributed by atoms with van der Waals surface area (Å²) in [6, 6.07) is 11.4. The molecule has 1 N–H and O–H groups in total. The van der Waals surface area contributed by atoms with Crippen LogP contribution in [0.3, 0.4) is 0 Å². The van der Waals surface area contributed by atoms with Crippen molar-refractivity contribution in [2.45, 2.75) is 44.0 Å². The Morgan fingerprint density at radius 1 is 1.24 bits per heavy atom. The van der Waals surface area contributed by atoms with Crippen LogP contribution in [0, 0.1) is 5.41 Å². The minimum absolute atomic E-state index is 0.620. The summed E-state index contributed by atoms with van der Waals surface area (Å²) in [4.78, 5) is 1.40. The molecule has 1 aromatic rings. The van der Waals surface area contributed by atoms with Gasteiger partial charge in [0.15, 0.2) is 0 Å². The third kappa shape index (κ3) is 4.36. The number of hydrogen-bond donors (Lipinski definition) is 1. The monoisotopic (exact) mass is 249 g/mol. The Bertz CT molecular complexity index is 330. The fourth-order valence-electron chi connectivity index (χ4n) is 2.01. The van der Waals surface area contributed by atoms with Gasteiger partial charge in [0.25, 0.3) is 0 Å². The molecular weight excluding hydrogens is 226 g/mol. The predicted molar refractivity (Wildman–Crippen MR) is 76.6 cm³/mol. The van der Waals surface area contributed by atoms with E-state index in [4.69, 9.17) is 0 Å². The molecule has 1 fully saturated rings. The lowest BCUT2D eigenvalue weighted by Gasteiger charge is -2.17. The van der Waals surface area contributed by atoms with Crippen molar-refractivity contribution in [1.82, 2.24) is 5.32 Å². The van der Waals surface area contributed by atoms with Gasteiger partial charge in [-0.3, -0.25) is 0 Å². The number of rotatable bonds is 7. The highest BCUT2D eigenvalue weighted by molar-refractivity contribution is 7.99. The lowest BCUT2D eigenvalue weighted by molar-refractivity contribution is 0.423. The van der Waals surface area contributed by atoms with Gasteiger partial charge >= 0.3 is 0 Å². The van der Waals surface area contributed by atoms with Crippen LogP contribution in [0.1, 0.15) is 33.1 Å². The second-order valence-electron chi connectivity index (χ2n) is 5.45. The van der Waals surface area contributed by atoms with E-state index in [9.17, 15) is 0 Å². The van der Waals surface area contributed by atoms with E-state index in [-0.39, 0.29) is 0 Å². The van der Waals surface area contributed by atoms with Crippen LogP contribution in [0.25, 0.3) is 0 Å². The highest BCUT2D eigenvalue weighted by atomic mass is 32.2. The van der Waals surface area contributed by atoms with Crippen molar-refractivity contribution in [2.24, 2.45) is 5.41 Å². The molecule has 0 heterocycles. The minimum Gasteiger partial charge on any atom is -0.314 e. The van der Waals surface area contributed by atoms with Gasteiger partial charge in [-0.2, -0.15) is 0 Å².